The summed E-state index contributed by atoms with van der Waals surface area (Å²) < 4.78 is 23.6. The minimum absolute atomic E-state index is 0.0316. The van der Waals surface area contributed by atoms with Crippen LogP contribution in [0.4, 0.5) is 5.69 Å². The smallest absolute Gasteiger partial charge is 0.275 e. The number of nitrogens with zero attached hydrogens (tertiary/aromatic N) is 1. The second-order valence-electron chi connectivity index (χ2n) is 5.43. The van der Waals surface area contributed by atoms with Crippen LogP contribution >= 0.6 is 22.9 Å². The summed E-state index contributed by atoms with van der Waals surface area (Å²) in [5, 5.41) is 5.68. The van der Waals surface area contributed by atoms with Gasteiger partial charge < -0.3 is 5.32 Å². The number of thiazole rings is 1. The van der Waals surface area contributed by atoms with E-state index in [-0.39, 0.29) is 22.2 Å². The Morgan fingerprint density at radius 1 is 1.19 bits per heavy atom. The van der Waals surface area contributed by atoms with Crippen molar-refractivity contribution in [2.24, 2.45) is 0 Å². The third-order valence-electron chi connectivity index (χ3n) is 3.66. The maximum atomic E-state index is 12.4. The van der Waals surface area contributed by atoms with Gasteiger partial charge in [0.15, 0.2) is 9.84 Å². The van der Waals surface area contributed by atoms with Crippen LogP contribution in [0.5, 0.6) is 0 Å². The van der Waals surface area contributed by atoms with Crippen LogP contribution in [-0.4, -0.2) is 25.1 Å². The van der Waals surface area contributed by atoms with E-state index in [0.29, 0.717) is 15.7 Å². The van der Waals surface area contributed by atoms with Gasteiger partial charge in [-0.15, -0.1) is 11.3 Å². The summed E-state index contributed by atoms with van der Waals surface area (Å²) in [5.74, 6) is -0.329. The highest BCUT2D eigenvalue weighted by atomic mass is 35.5. The molecular formula is C18H15ClN2O3S2. The maximum absolute atomic E-state index is 12.4. The van der Waals surface area contributed by atoms with Crippen LogP contribution in [0.25, 0.3) is 10.6 Å². The van der Waals surface area contributed by atoms with Crippen LogP contribution in [-0.2, 0) is 9.84 Å². The predicted octanol–water partition coefficient (Wildman–Crippen LogP) is 4.51. The van der Waals surface area contributed by atoms with Crippen molar-refractivity contribution in [3.63, 3.8) is 0 Å². The summed E-state index contributed by atoms with van der Waals surface area (Å²) in [6, 6.07) is 13.3. The lowest BCUT2D eigenvalue weighted by atomic mass is 10.2. The number of nitrogens with one attached hydrogen (secondary N) is 1. The molecule has 0 fully saturated rings. The molecule has 3 rings (SSSR count). The van der Waals surface area contributed by atoms with E-state index < -0.39 is 9.84 Å². The zero-order chi connectivity index (χ0) is 18.7. The van der Waals surface area contributed by atoms with Gasteiger partial charge in [-0.1, -0.05) is 30.7 Å². The van der Waals surface area contributed by atoms with E-state index in [4.69, 9.17) is 11.6 Å². The Morgan fingerprint density at radius 2 is 1.92 bits per heavy atom. The number of anilines is 1. The first-order chi connectivity index (χ1) is 12.4. The highest BCUT2D eigenvalue weighted by molar-refractivity contribution is 7.91. The highest BCUT2D eigenvalue weighted by Gasteiger charge is 2.14. The molecule has 1 N–H and O–H groups in total. The Bertz CT molecular complexity index is 1040. The molecule has 0 aliphatic heterocycles. The van der Waals surface area contributed by atoms with Gasteiger partial charge in [-0.25, -0.2) is 13.4 Å². The van der Waals surface area contributed by atoms with E-state index in [1.54, 1.807) is 36.6 Å². The Hall–Kier alpha value is -2.22. The van der Waals surface area contributed by atoms with Crippen molar-refractivity contribution in [3.8, 4) is 10.6 Å². The normalized spacial score (nSPS) is 11.3. The van der Waals surface area contributed by atoms with E-state index >= 15 is 0 Å². The molecule has 26 heavy (non-hydrogen) atoms. The molecule has 3 aromatic rings. The third kappa shape index (κ3) is 4.12. The summed E-state index contributed by atoms with van der Waals surface area (Å²) in [5.41, 5.74) is 1.63. The molecule has 0 unspecified atom stereocenters. The third-order valence-corrected chi connectivity index (χ3v) is 6.54. The molecule has 0 atom stereocenters. The van der Waals surface area contributed by atoms with Crippen LogP contribution in [0.2, 0.25) is 5.02 Å². The molecule has 0 aliphatic carbocycles. The maximum Gasteiger partial charge on any atom is 0.275 e. The molecule has 134 valence electrons. The molecular weight excluding hydrogens is 392 g/mol. The highest BCUT2D eigenvalue weighted by Crippen LogP contribution is 2.26. The molecule has 0 spiro atoms. The average Bonchev–Trinajstić information content (AvgIpc) is 3.12. The van der Waals surface area contributed by atoms with Gasteiger partial charge in [0.25, 0.3) is 5.91 Å². The van der Waals surface area contributed by atoms with Gasteiger partial charge in [-0.2, -0.15) is 0 Å². The number of rotatable bonds is 5. The second kappa shape index (κ2) is 7.57. The number of halogens is 1. The van der Waals surface area contributed by atoms with E-state index in [9.17, 15) is 13.2 Å². The molecule has 5 nitrogen and oxygen atoms in total. The lowest BCUT2D eigenvalue weighted by Gasteiger charge is -2.05. The Labute approximate surface area is 160 Å². The number of aromatic nitrogens is 1. The number of hydrogen-bond acceptors (Lipinski definition) is 5. The second-order valence-corrected chi connectivity index (χ2v) is 9.00. The fourth-order valence-corrected chi connectivity index (χ4v) is 4.11. The minimum Gasteiger partial charge on any atom is -0.321 e. The van der Waals surface area contributed by atoms with Gasteiger partial charge in [0.1, 0.15) is 10.7 Å². The van der Waals surface area contributed by atoms with Gasteiger partial charge in [0, 0.05) is 21.7 Å². The topological polar surface area (TPSA) is 76.1 Å². The van der Waals surface area contributed by atoms with Crippen molar-refractivity contribution >= 4 is 44.4 Å². The Morgan fingerprint density at radius 3 is 2.58 bits per heavy atom. The van der Waals surface area contributed by atoms with Crippen molar-refractivity contribution in [1.82, 2.24) is 4.98 Å². The number of amides is 1. The number of sulfone groups is 1. The monoisotopic (exact) mass is 406 g/mol. The molecule has 1 heterocycles. The average molecular weight is 407 g/mol. The van der Waals surface area contributed by atoms with Crippen molar-refractivity contribution in [2.75, 3.05) is 11.1 Å². The van der Waals surface area contributed by atoms with Gasteiger partial charge in [0.05, 0.1) is 10.6 Å². The number of carbonyl (C=O) groups is 1. The lowest BCUT2D eigenvalue weighted by Crippen LogP contribution is -2.12. The van der Waals surface area contributed by atoms with Gasteiger partial charge in [0.2, 0.25) is 0 Å². The minimum atomic E-state index is -3.26. The van der Waals surface area contributed by atoms with Crippen LogP contribution in [0.15, 0.2) is 58.8 Å². The summed E-state index contributed by atoms with van der Waals surface area (Å²) in [6.45, 7) is 1.59. The Balaban J connectivity index is 1.75. The SMILES string of the molecule is CCS(=O)(=O)c1ccc(NC(=O)c2csc(-c3cccc(Cl)c3)n2)cc1. The van der Waals surface area contributed by atoms with Crippen molar-refractivity contribution in [1.29, 1.82) is 0 Å². The molecule has 1 amide bonds. The molecule has 0 saturated carbocycles. The number of hydrogen-bond donors (Lipinski definition) is 1. The number of carbonyl (C=O) groups excluding carboxylic acids is 1. The van der Waals surface area contributed by atoms with Gasteiger partial charge >= 0.3 is 0 Å². The molecule has 0 saturated heterocycles. The molecule has 0 radical (unpaired) electrons. The van der Waals surface area contributed by atoms with Crippen molar-refractivity contribution < 1.29 is 13.2 Å². The fourth-order valence-electron chi connectivity index (χ4n) is 2.24. The molecule has 0 aliphatic rings. The molecule has 2 aromatic carbocycles. The van der Waals surface area contributed by atoms with E-state index in [1.807, 2.05) is 12.1 Å². The summed E-state index contributed by atoms with van der Waals surface area (Å²) >= 11 is 7.33. The van der Waals surface area contributed by atoms with Crippen LogP contribution < -0.4 is 5.32 Å². The Kier molecular flexibility index (Phi) is 5.41. The molecule has 1 aromatic heterocycles. The summed E-state index contributed by atoms with van der Waals surface area (Å²) in [4.78, 5) is 16.9. The first kappa shape index (κ1) is 18.6. The van der Waals surface area contributed by atoms with E-state index in [1.165, 1.54) is 23.5 Å². The summed E-state index contributed by atoms with van der Waals surface area (Å²) in [6.07, 6.45) is 0. The van der Waals surface area contributed by atoms with Crippen molar-refractivity contribution in [3.05, 3.63) is 64.6 Å². The zero-order valence-electron chi connectivity index (χ0n) is 13.8. The zero-order valence-corrected chi connectivity index (χ0v) is 16.2. The standard InChI is InChI=1S/C18H15ClN2O3S2/c1-2-26(23,24)15-8-6-14(7-9-15)20-17(22)16-11-25-18(21-16)12-4-3-5-13(19)10-12/h3-11H,2H2,1H3,(H,20,22). The van der Waals surface area contributed by atoms with Crippen molar-refractivity contribution in [2.45, 2.75) is 11.8 Å². The van der Waals surface area contributed by atoms with Crippen LogP contribution in [0, 0.1) is 0 Å². The lowest BCUT2D eigenvalue weighted by molar-refractivity contribution is 0.102. The predicted molar refractivity (Wildman–Crippen MR) is 105 cm³/mol. The molecule has 8 heteroatoms. The van der Waals surface area contributed by atoms with Crippen LogP contribution in [0.1, 0.15) is 17.4 Å². The summed E-state index contributed by atoms with van der Waals surface area (Å²) in [7, 11) is -3.26. The largest absolute Gasteiger partial charge is 0.321 e. The number of benzene rings is 2. The van der Waals surface area contributed by atoms with E-state index in [0.717, 1.165) is 5.56 Å². The van der Waals surface area contributed by atoms with Gasteiger partial charge in [-0.05, 0) is 36.4 Å². The van der Waals surface area contributed by atoms with E-state index in [2.05, 4.69) is 10.3 Å². The fraction of sp³-hybridized carbons (Fsp3) is 0.111. The quantitative estimate of drug-likeness (QED) is 0.676. The van der Waals surface area contributed by atoms with Crippen LogP contribution in [0.3, 0.4) is 0 Å². The first-order valence-electron chi connectivity index (χ1n) is 7.74. The first-order valence-corrected chi connectivity index (χ1v) is 10.7. The van der Waals surface area contributed by atoms with Gasteiger partial charge in [-0.3, -0.25) is 4.79 Å². The molecule has 0 bridgehead atoms.